The summed E-state index contributed by atoms with van der Waals surface area (Å²) in [6, 6.07) is 14.9. The van der Waals surface area contributed by atoms with Crippen LogP contribution in [0.5, 0.6) is 5.75 Å². The summed E-state index contributed by atoms with van der Waals surface area (Å²) in [5.41, 5.74) is 0.659. The monoisotopic (exact) mass is 387 g/mol. The van der Waals surface area contributed by atoms with Crippen molar-refractivity contribution >= 4 is 17.5 Å². The summed E-state index contributed by atoms with van der Waals surface area (Å²) in [6.45, 7) is 2.46. The molecule has 140 valence electrons. The number of nitrogens with zero attached hydrogens (tertiary/aromatic N) is 1. The minimum absolute atomic E-state index is 0.00546. The Bertz CT molecular complexity index is 891. The fourth-order valence-electron chi connectivity index (χ4n) is 2.76. The average molecular weight is 388 g/mol. The first-order valence-electron chi connectivity index (χ1n) is 8.56. The zero-order valence-electron chi connectivity index (χ0n) is 14.8. The quantitative estimate of drug-likeness (QED) is 0.551. The van der Waals surface area contributed by atoms with E-state index in [4.69, 9.17) is 20.8 Å². The fourth-order valence-corrected chi connectivity index (χ4v) is 2.98. The highest BCUT2D eigenvalue weighted by Crippen LogP contribution is 2.25. The molecule has 0 bridgehead atoms. The Hall–Kier alpha value is -2.79. The number of carbonyl (C=O) groups is 1. The Balaban J connectivity index is 1.96. The van der Waals surface area contributed by atoms with Crippen LogP contribution in [-0.2, 0) is 13.1 Å². The lowest BCUT2D eigenvalue weighted by molar-refractivity contribution is 0.0712. The van der Waals surface area contributed by atoms with Gasteiger partial charge in [-0.2, -0.15) is 0 Å². The Kier molecular flexibility index (Phi) is 6.14. The molecule has 0 fully saturated rings. The van der Waals surface area contributed by atoms with Crippen LogP contribution in [0.3, 0.4) is 0 Å². The van der Waals surface area contributed by atoms with Gasteiger partial charge in [-0.15, -0.1) is 0 Å². The smallest absolute Gasteiger partial charge is 0.258 e. The zero-order valence-corrected chi connectivity index (χ0v) is 15.6. The number of para-hydroxylation sites is 1. The van der Waals surface area contributed by atoms with E-state index in [2.05, 4.69) is 0 Å². The van der Waals surface area contributed by atoms with E-state index in [-0.39, 0.29) is 29.6 Å². The van der Waals surface area contributed by atoms with Crippen LogP contribution in [0, 0.1) is 5.82 Å². The minimum Gasteiger partial charge on any atom is -0.493 e. The predicted molar refractivity (Wildman–Crippen MR) is 101 cm³/mol. The van der Waals surface area contributed by atoms with Crippen molar-refractivity contribution in [3.05, 3.63) is 88.6 Å². The number of carbonyl (C=O) groups excluding carboxylic acids is 1. The number of halogens is 2. The first-order valence-corrected chi connectivity index (χ1v) is 8.94. The van der Waals surface area contributed by atoms with E-state index < -0.39 is 5.82 Å². The lowest BCUT2D eigenvalue weighted by Gasteiger charge is -2.24. The molecular weight excluding hydrogens is 369 g/mol. The van der Waals surface area contributed by atoms with Gasteiger partial charge in [-0.05, 0) is 43.3 Å². The second-order valence-electron chi connectivity index (χ2n) is 5.87. The van der Waals surface area contributed by atoms with Crippen LogP contribution in [-0.4, -0.2) is 17.4 Å². The van der Waals surface area contributed by atoms with Gasteiger partial charge >= 0.3 is 0 Å². The average Bonchev–Trinajstić information content (AvgIpc) is 3.17. The number of amides is 1. The highest BCUT2D eigenvalue weighted by atomic mass is 35.5. The van der Waals surface area contributed by atoms with Crippen LogP contribution in [0.1, 0.15) is 28.6 Å². The second kappa shape index (κ2) is 8.73. The molecule has 0 unspecified atom stereocenters. The van der Waals surface area contributed by atoms with E-state index in [9.17, 15) is 9.18 Å². The topological polar surface area (TPSA) is 42.7 Å². The third-order valence-electron chi connectivity index (χ3n) is 4.04. The van der Waals surface area contributed by atoms with Gasteiger partial charge in [-0.25, -0.2) is 4.39 Å². The summed E-state index contributed by atoms with van der Waals surface area (Å²) in [4.78, 5) is 14.7. The molecule has 0 atom stereocenters. The van der Waals surface area contributed by atoms with Crippen molar-refractivity contribution in [2.45, 2.75) is 20.0 Å². The first-order chi connectivity index (χ1) is 13.1. The molecule has 1 aromatic heterocycles. The summed E-state index contributed by atoms with van der Waals surface area (Å²) in [6.07, 6.45) is 1.53. The lowest BCUT2D eigenvalue weighted by atomic mass is 10.1. The van der Waals surface area contributed by atoms with E-state index >= 15 is 0 Å². The van der Waals surface area contributed by atoms with Crippen molar-refractivity contribution < 1.29 is 18.3 Å². The maximum Gasteiger partial charge on any atom is 0.258 e. The van der Waals surface area contributed by atoms with Crippen molar-refractivity contribution in [2.24, 2.45) is 0 Å². The molecule has 3 aromatic rings. The molecule has 1 amide bonds. The van der Waals surface area contributed by atoms with E-state index in [1.165, 1.54) is 23.3 Å². The van der Waals surface area contributed by atoms with Gasteiger partial charge in [0.25, 0.3) is 5.91 Å². The Morgan fingerprint density at radius 3 is 2.63 bits per heavy atom. The van der Waals surface area contributed by atoms with Crippen LogP contribution in [0.2, 0.25) is 5.02 Å². The van der Waals surface area contributed by atoms with Gasteiger partial charge in [0.1, 0.15) is 17.3 Å². The number of benzene rings is 2. The van der Waals surface area contributed by atoms with Crippen molar-refractivity contribution in [1.82, 2.24) is 4.90 Å². The molecule has 0 aliphatic heterocycles. The summed E-state index contributed by atoms with van der Waals surface area (Å²) in [5, 5.41) is 0.269. The molecule has 4 nitrogen and oxygen atoms in total. The number of ether oxygens (including phenoxy) is 1. The van der Waals surface area contributed by atoms with Gasteiger partial charge in [0.15, 0.2) is 0 Å². The molecule has 6 heteroatoms. The summed E-state index contributed by atoms with van der Waals surface area (Å²) in [7, 11) is 0. The maximum absolute atomic E-state index is 14.3. The van der Waals surface area contributed by atoms with Gasteiger partial charge in [0.2, 0.25) is 0 Å². The number of rotatable bonds is 7. The highest BCUT2D eigenvalue weighted by molar-refractivity contribution is 6.31. The molecule has 0 saturated heterocycles. The zero-order chi connectivity index (χ0) is 19.2. The second-order valence-corrected chi connectivity index (χ2v) is 6.28. The molecule has 1 heterocycles. The molecule has 2 aromatic carbocycles. The standard InChI is InChI=1S/C21H19ClFNO3/c1-2-26-20-11-4-3-8-16(20)21(25)24(13-15-7-6-12-27-15)14-17-18(22)9-5-10-19(17)23/h3-12H,2,13-14H2,1H3. The molecule has 0 aliphatic carbocycles. The highest BCUT2D eigenvalue weighted by Gasteiger charge is 2.23. The van der Waals surface area contributed by atoms with Crippen LogP contribution >= 0.6 is 11.6 Å². The molecule has 0 spiro atoms. The number of hydrogen-bond donors (Lipinski definition) is 0. The number of furan rings is 1. The van der Waals surface area contributed by atoms with Crippen molar-refractivity contribution in [2.75, 3.05) is 6.61 Å². The third kappa shape index (κ3) is 4.49. The fraction of sp³-hybridized carbons (Fsp3) is 0.190. The summed E-state index contributed by atoms with van der Waals surface area (Å²) in [5.74, 6) is 0.311. The van der Waals surface area contributed by atoms with Gasteiger partial charge in [0.05, 0.1) is 31.5 Å². The first kappa shape index (κ1) is 19.0. The minimum atomic E-state index is -0.460. The molecule has 0 N–H and O–H groups in total. The van der Waals surface area contributed by atoms with Gasteiger partial charge in [0, 0.05) is 10.6 Å². The van der Waals surface area contributed by atoms with E-state index in [1.54, 1.807) is 42.5 Å². The van der Waals surface area contributed by atoms with Gasteiger partial charge in [-0.3, -0.25) is 4.79 Å². The molecule has 27 heavy (non-hydrogen) atoms. The van der Waals surface area contributed by atoms with E-state index in [0.29, 0.717) is 23.7 Å². The largest absolute Gasteiger partial charge is 0.493 e. The predicted octanol–water partition coefficient (Wildman–Crippen LogP) is 5.31. The molecule has 0 saturated carbocycles. The van der Waals surface area contributed by atoms with Crippen LogP contribution < -0.4 is 4.74 Å². The molecule has 0 aliphatic rings. The Labute approximate surface area is 162 Å². The Morgan fingerprint density at radius 2 is 1.93 bits per heavy atom. The number of hydrogen-bond acceptors (Lipinski definition) is 3. The maximum atomic E-state index is 14.3. The SMILES string of the molecule is CCOc1ccccc1C(=O)N(Cc1ccco1)Cc1c(F)cccc1Cl. The van der Waals surface area contributed by atoms with Crippen LogP contribution in [0.25, 0.3) is 0 Å². The van der Waals surface area contributed by atoms with Gasteiger partial charge < -0.3 is 14.1 Å². The van der Waals surface area contributed by atoms with Crippen molar-refractivity contribution in [1.29, 1.82) is 0 Å². The van der Waals surface area contributed by atoms with E-state index in [1.807, 2.05) is 6.92 Å². The lowest BCUT2D eigenvalue weighted by Crippen LogP contribution is -2.31. The van der Waals surface area contributed by atoms with E-state index in [0.717, 1.165) is 0 Å². The van der Waals surface area contributed by atoms with Crippen molar-refractivity contribution in [3.63, 3.8) is 0 Å². The molecular formula is C21H19ClFNO3. The Morgan fingerprint density at radius 1 is 1.11 bits per heavy atom. The molecule has 0 radical (unpaired) electrons. The normalized spacial score (nSPS) is 10.6. The van der Waals surface area contributed by atoms with Crippen LogP contribution in [0.4, 0.5) is 4.39 Å². The summed E-state index contributed by atoms with van der Waals surface area (Å²) >= 11 is 6.16. The molecule has 3 rings (SSSR count). The van der Waals surface area contributed by atoms with Crippen molar-refractivity contribution in [3.8, 4) is 5.75 Å². The van der Waals surface area contributed by atoms with Gasteiger partial charge in [-0.1, -0.05) is 29.8 Å². The summed E-state index contributed by atoms with van der Waals surface area (Å²) < 4.78 is 25.2. The van der Waals surface area contributed by atoms with Crippen LogP contribution in [0.15, 0.2) is 65.3 Å². The third-order valence-corrected chi connectivity index (χ3v) is 4.40.